The first-order valence-electron chi connectivity index (χ1n) is 10.9. The Labute approximate surface area is 172 Å². The van der Waals surface area contributed by atoms with Gasteiger partial charge >= 0.3 is 6.03 Å². The number of piperidine rings is 1. The highest BCUT2D eigenvalue weighted by atomic mass is 16.2. The van der Waals surface area contributed by atoms with Gasteiger partial charge in [-0.05, 0) is 62.6 Å². The summed E-state index contributed by atoms with van der Waals surface area (Å²) >= 11 is 0. The van der Waals surface area contributed by atoms with Crippen molar-refractivity contribution in [2.75, 3.05) is 19.6 Å². The normalized spacial score (nSPS) is 21.9. The van der Waals surface area contributed by atoms with Crippen molar-refractivity contribution in [1.82, 2.24) is 20.5 Å². The molecule has 1 aliphatic carbocycles. The van der Waals surface area contributed by atoms with Gasteiger partial charge in [-0.25, -0.2) is 4.79 Å². The van der Waals surface area contributed by atoms with Crippen LogP contribution in [0.5, 0.6) is 0 Å². The third-order valence-electron chi connectivity index (χ3n) is 6.20. The van der Waals surface area contributed by atoms with Crippen LogP contribution in [0.4, 0.5) is 4.79 Å². The molecule has 2 fully saturated rings. The molecular weight excluding hydrogens is 364 g/mol. The molecule has 2 aromatic rings. The van der Waals surface area contributed by atoms with Crippen LogP contribution in [-0.4, -0.2) is 47.5 Å². The molecule has 6 heteroatoms. The summed E-state index contributed by atoms with van der Waals surface area (Å²) in [6.07, 6.45) is 8.57. The van der Waals surface area contributed by atoms with E-state index in [2.05, 4.69) is 21.7 Å². The van der Waals surface area contributed by atoms with Gasteiger partial charge in [0.2, 0.25) is 5.91 Å². The second-order valence-electron chi connectivity index (χ2n) is 8.23. The van der Waals surface area contributed by atoms with Gasteiger partial charge in [0.1, 0.15) is 0 Å². The Bertz CT molecular complexity index is 858. The van der Waals surface area contributed by atoms with Crippen molar-refractivity contribution in [3.8, 4) is 0 Å². The number of aromatic nitrogens is 1. The maximum atomic E-state index is 12.7. The summed E-state index contributed by atoms with van der Waals surface area (Å²) < 4.78 is 0. The summed E-state index contributed by atoms with van der Waals surface area (Å²) in [6.45, 7) is 2.37. The molecular formula is C23H30N4O2. The molecule has 0 radical (unpaired) electrons. The number of fused-ring (bicyclic) bond motifs is 1. The number of urea groups is 1. The van der Waals surface area contributed by atoms with Gasteiger partial charge in [0.15, 0.2) is 0 Å². The molecule has 3 amide bonds. The third-order valence-corrected chi connectivity index (χ3v) is 6.20. The van der Waals surface area contributed by atoms with E-state index in [1.165, 1.54) is 12.0 Å². The fourth-order valence-electron chi connectivity index (χ4n) is 4.63. The second-order valence-corrected chi connectivity index (χ2v) is 8.23. The molecule has 29 heavy (non-hydrogen) atoms. The summed E-state index contributed by atoms with van der Waals surface area (Å²) in [7, 11) is 0. The number of nitrogens with one attached hydrogen (secondary N) is 2. The van der Waals surface area contributed by atoms with E-state index in [0.717, 1.165) is 62.5 Å². The number of benzene rings is 1. The Morgan fingerprint density at radius 1 is 1.07 bits per heavy atom. The lowest BCUT2D eigenvalue weighted by Crippen LogP contribution is -2.43. The molecule has 2 heterocycles. The quantitative estimate of drug-likeness (QED) is 0.817. The van der Waals surface area contributed by atoms with Gasteiger partial charge in [-0.1, -0.05) is 18.2 Å². The van der Waals surface area contributed by atoms with Gasteiger partial charge in [-0.15, -0.1) is 0 Å². The van der Waals surface area contributed by atoms with Crippen LogP contribution in [-0.2, 0) is 11.2 Å². The van der Waals surface area contributed by atoms with E-state index < -0.39 is 0 Å². The molecule has 2 N–H and O–H groups in total. The first-order valence-corrected chi connectivity index (χ1v) is 10.9. The van der Waals surface area contributed by atoms with Crippen molar-refractivity contribution < 1.29 is 9.59 Å². The minimum atomic E-state index is -0.139. The fourth-order valence-corrected chi connectivity index (χ4v) is 4.63. The van der Waals surface area contributed by atoms with Gasteiger partial charge in [0, 0.05) is 43.2 Å². The van der Waals surface area contributed by atoms with E-state index >= 15 is 0 Å². The number of amides is 3. The SMILES string of the molecule is O=C(NCCc1ccnc2ccccc12)N[C@H]1CC[C@@H](C(=O)N2CCCCC2)C1. The maximum Gasteiger partial charge on any atom is 0.315 e. The van der Waals surface area contributed by atoms with E-state index in [-0.39, 0.29) is 18.0 Å². The van der Waals surface area contributed by atoms with Gasteiger partial charge in [-0.2, -0.15) is 0 Å². The highest BCUT2D eigenvalue weighted by Crippen LogP contribution is 2.28. The molecule has 154 valence electrons. The predicted molar refractivity (Wildman–Crippen MR) is 114 cm³/mol. The summed E-state index contributed by atoms with van der Waals surface area (Å²) in [6, 6.07) is 10.0. The molecule has 1 saturated carbocycles. The predicted octanol–water partition coefficient (Wildman–Crippen LogP) is 3.26. The lowest BCUT2D eigenvalue weighted by Gasteiger charge is -2.29. The minimum Gasteiger partial charge on any atom is -0.342 e. The van der Waals surface area contributed by atoms with Gasteiger partial charge in [0.05, 0.1) is 5.52 Å². The van der Waals surface area contributed by atoms with Crippen molar-refractivity contribution >= 4 is 22.8 Å². The number of carbonyl (C=O) groups is 2. The highest BCUT2D eigenvalue weighted by Gasteiger charge is 2.33. The molecule has 2 atom stereocenters. The van der Waals surface area contributed by atoms with E-state index in [9.17, 15) is 9.59 Å². The molecule has 4 rings (SSSR count). The van der Waals surface area contributed by atoms with E-state index in [4.69, 9.17) is 0 Å². The number of para-hydroxylation sites is 1. The molecule has 0 unspecified atom stereocenters. The van der Waals surface area contributed by atoms with E-state index in [0.29, 0.717) is 12.5 Å². The minimum absolute atomic E-state index is 0.0709. The van der Waals surface area contributed by atoms with Crippen LogP contribution in [0.1, 0.15) is 44.1 Å². The van der Waals surface area contributed by atoms with Crippen LogP contribution < -0.4 is 10.6 Å². The van der Waals surface area contributed by atoms with Crippen molar-refractivity contribution in [2.45, 2.75) is 51.0 Å². The average Bonchev–Trinajstić information content (AvgIpc) is 3.22. The lowest BCUT2D eigenvalue weighted by molar-refractivity contribution is -0.136. The topological polar surface area (TPSA) is 74.3 Å². The Kier molecular flexibility index (Phi) is 6.27. The molecule has 2 aliphatic rings. The number of nitrogens with zero attached hydrogens (tertiary/aromatic N) is 2. The maximum absolute atomic E-state index is 12.7. The zero-order valence-electron chi connectivity index (χ0n) is 16.9. The summed E-state index contributed by atoms with van der Waals surface area (Å²) in [5, 5.41) is 7.15. The van der Waals surface area contributed by atoms with Gasteiger partial charge in [0.25, 0.3) is 0 Å². The molecule has 1 aromatic heterocycles. The van der Waals surface area contributed by atoms with Crippen molar-refractivity contribution in [3.63, 3.8) is 0 Å². The molecule has 6 nitrogen and oxygen atoms in total. The number of likely N-dealkylation sites (tertiary alicyclic amines) is 1. The zero-order valence-corrected chi connectivity index (χ0v) is 16.9. The van der Waals surface area contributed by atoms with E-state index in [1.807, 2.05) is 35.4 Å². The monoisotopic (exact) mass is 394 g/mol. The molecule has 0 spiro atoms. The largest absolute Gasteiger partial charge is 0.342 e. The zero-order chi connectivity index (χ0) is 20.1. The second kappa shape index (κ2) is 9.25. The Morgan fingerprint density at radius 2 is 1.90 bits per heavy atom. The van der Waals surface area contributed by atoms with Crippen LogP contribution >= 0.6 is 0 Å². The van der Waals surface area contributed by atoms with Gasteiger partial charge < -0.3 is 15.5 Å². The summed E-state index contributed by atoms with van der Waals surface area (Å²) in [5.74, 6) is 0.362. The first kappa shape index (κ1) is 19.7. The van der Waals surface area contributed by atoms with Gasteiger partial charge in [-0.3, -0.25) is 9.78 Å². The average molecular weight is 395 g/mol. The summed E-state index contributed by atoms with van der Waals surface area (Å²) in [5.41, 5.74) is 2.16. The number of carbonyl (C=O) groups excluding carboxylic acids is 2. The number of hydrogen-bond donors (Lipinski definition) is 2. The van der Waals surface area contributed by atoms with E-state index in [1.54, 1.807) is 0 Å². The molecule has 0 bridgehead atoms. The highest BCUT2D eigenvalue weighted by molar-refractivity contribution is 5.82. The number of rotatable bonds is 5. The van der Waals surface area contributed by atoms with Crippen molar-refractivity contribution in [2.24, 2.45) is 5.92 Å². The molecule has 1 aromatic carbocycles. The number of pyridine rings is 1. The molecule has 1 aliphatic heterocycles. The van der Waals surface area contributed by atoms with Crippen molar-refractivity contribution in [1.29, 1.82) is 0 Å². The first-order chi connectivity index (χ1) is 14.2. The lowest BCUT2D eigenvalue weighted by atomic mass is 10.0. The van der Waals surface area contributed by atoms with Crippen LogP contribution in [0.3, 0.4) is 0 Å². The van der Waals surface area contributed by atoms with Crippen LogP contribution in [0.25, 0.3) is 10.9 Å². The number of hydrogen-bond acceptors (Lipinski definition) is 3. The van der Waals surface area contributed by atoms with Crippen LogP contribution in [0.2, 0.25) is 0 Å². The third kappa shape index (κ3) is 4.86. The van der Waals surface area contributed by atoms with Crippen molar-refractivity contribution in [3.05, 3.63) is 42.1 Å². The van der Waals surface area contributed by atoms with Crippen LogP contribution in [0, 0.1) is 5.92 Å². The Balaban J connectivity index is 1.21. The Morgan fingerprint density at radius 3 is 2.76 bits per heavy atom. The standard InChI is InChI=1S/C23H30N4O2/c28-22(27-14-4-1-5-15-27)18-8-9-19(16-18)26-23(29)25-13-11-17-10-12-24-21-7-3-2-6-20(17)21/h2-3,6-7,10,12,18-19H,1,4-5,8-9,11,13-16H2,(H2,25,26,29)/t18-,19+/m1/s1. The Hall–Kier alpha value is -2.63. The van der Waals surface area contributed by atoms with Crippen LogP contribution in [0.15, 0.2) is 36.5 Å². The molecule has 1 saturated heterocycles. The smallest absolute Gasteiger partial charge is 0.315 e. The summed E-state index contributed by atoms with van der Waals surface area (Å²) in [4.78, 5) is 31.4. The fraction of sp³-hybridized carbons (Fsp3) is 0.522.